The number of pyridine rings is 1. The topological polar surface area (TPSA) is 94.2 Å². The van der Waals surface area contributed by atoms with Gasteiger partial charge in [0.25, 0.3) is 10.0 Å². The lowest BCUT2D eigenvalue weighted by atomic mass is 10.1. The molecule has 0 spiro atoms. The maximum Gasteiger partial charge on any atom is 0.419 e. The second kappa shape index (κ2) is 6.97. The van der Waals surface area contributed by atoms with Crippen molar-refractivity contribution in [2.24, 2.45) is 7.05 Å². The van der Waals surface area contributed by atoms with E-state index >= 15 is 0 Å². The first-order chi connectivity index (χ1) is 13.4. The number of oxazole rings is 1. The predicted molar refractivity (Wildman–Crippen MR) is 106 cm³/mol. The van der Waals surface area contributed by atoms with Crippen LogP contribution in [0.4, 0.5) is 5.69 Å². The van der Waals surface area contributed by atoms with Crippen molar-refractivity contribution >= 4 is 26.8 Å². The molecule has 0 atom stereocenters. The van der Waals surface area contributed by atoms with Gasteiger partial charge in [0.2, 0.25) is 0 Å². The number of nitrogens with one attached hydrogen (secondary N) is 1. The Morgan fingerprint density at radius 2 is 1.86 bits per heavy atom. The summed E-state index contributed by atoms with van der Waals surface area (Å²) in [5, 5.41) is 0. The summed E-state index contributed by atoms with van der Waals surface area (Å²) in [6.07, 6.45) is 2.41. The molecule has 0 aliphatic heterocycles. The smallest absolute Gasteiger partial charge is 0.408 e. The first-order valence-corrected chi connectivity index (χ1v) is 10.0. The average Bonchev–Trinajstić information content (AvgIpc) is 2.97. The molecule has 4 aromatic rings. The summed E-state index contributed by atoms with van der Waals surface area (Å²) in [7, 11) is -2.28. The van der Waals surface area contributed by atoms with Gasteiger partial charge in [-0.3, -0.25) is 14.3 Å². The molecule has 4 rings (SSSR count). The first-order valence-electron chi connectivity index (χ1n) is 8.54. The fraction of sp³-hybridized carbons (Fsp3) is 0.100. The molecule has 2 aromatic heterocycles. The summed E-state index contributed by atoms with van der Waals surface area (Å²) in [6.45, 7) is 0. The van der Waals surface area contributed by atoms with E-state index < -0.39 is 15.8 Å². The van der Waals surface area contributed by atoms with Gasteiger partial charge in [-0.15, -0.1) is 0 Å². The van der Waals surface area contributed by atoms with E-state index in [9.17, 15) is 13.2 Å². The minimum atomic E-state index is -3.80. The molecule has 8 heteroatoms. The van der Waals surface area contributed by atoms with Crippen molar-refractivity contribution in [1.29, 1.82) is 0 Å². The van der Waals surface area contributed by atoms with Crippen molar-refractivity contribution in [3.63, 3.8) is 0 Å². The maximum absolute atomic E-state index is 12.7. The summed E-state index contributed by atoms with van der Waals surface area (Å²) in [6, 6.07) is 17.2. The van der Waals surface area contributed by atoms with Gasteiger partial charge in [0.15, 0.2) is 5.58 Å². The van der Waals surface area contributed by atoms with Gasteiger partial charge in [0, 0.05) is 31.0 Å². The van der Waals surface area contributed by atoms with Crippen molar-refractivity contribution in [3.05, 3.63) is 88.7 Å². The quantitative estimate of drug-likeness (QED) is 0.561. The second-order valence-corrected chi connectivity index (χ2v) is 8.04. The zero-order valence-electron chi connectivity index (χ0n) is 15.0. The SMILES string of the molecule is Cn1c(=O)oc2ccc(S(=O)(=O)Nc3ccc(Cc4ccccn4)cc3)cc21. The van der Waals surface area contributed by atoms with Crippen molar-refractivity contribution in [2.45, 2.75) is 11.3 Å². The van der Waals surface area contributed by atoms with Gasteiger partial charge in [0.1, 0.15) is 0 Å². The maximum atomic E-state index is 12.7. The van der Waals surface area contributed by atoms with Crippen LogP contribution in [0.25, 0.3) is 11.1 Å². The average molecular weight is 395 g/mol. The highest BCUT2D eigenvalue weighted by molar-refractivity contribution is 7.92. The van der Waals surface area contributed by atoms with E-state index in [2.05, 4.69) is 9.71 Å². The van der Waals surface area contributed by atoms with E-state index in [4.69, 9.17) is 4.42 Å². The third kappa shape index (κ3) is 3.54. The minimum Gasteiger partial charge on any atom is -0.408 e. The Kier molecular flexibility index (Phi) is 4.48. The molecule has 0 fully saturated rings. The Bertz CT molecular complexity index is 1290. The van der Waals surface area contributed by atoms with Crippen LogP contribution in [-0.4, -0.2) is 18.0 Å². The van der Waals surface area contributed by atoms with Crippen LogP contribution in [0.2, 0.25) is 0 Å². The lowest BCUT2D eigenvalue weighted by Gasteiger charge is -2.09. The minimum absolute atomic E-state index is 0.0500. The van der Waals surface area contributed by atoms with Crippen molar-refractivity contribution in [1.82, 2.24) is 9.55 Å². The highest BCUT2D eigenvalue weighted by Gasteiger charge is 2.17. The molecule has 0 unspecified atom stereocenters. The number of hydrogen-bond acceptors (Lipinski definition) is 5. The molecule has 7 nitrogen and oxygen atoms in total. The van der Waals surface area contributed by atoms with Crippen LogP contribution in [0.15, 0.2) is 81.0 Å². The predicted octanol–water partition coefficient (Wildman–Crippen LogP) is 2.92. The number of rotatable bonds is 5. The fourth-order valence-electron chi connectivity index (χ4n) is 2.89. The molecule has 0 saturated heterocycles. The molecular formula is C20H17N3O4S. The number of aryl methyl sites for hydroxylation is 1. The van der Waals surface area contributed by atoms with Gasteiger partial charge < -0.3 is 4.42 Å². The fourth-order valence-corrected chi connectivity index (χ4v) is 3.97. The Labute approximate surface area is 161 Å². The highest BCUT2D eigenvalue weighted by Crippen LogP contribution is 2.21. The summed E-state index contributed by atoms with van der Waals surface area (Å²) in [5.41, 5.74) is 3.17. The third-order valence-corrected chi connectivity index (χ3v) is 5.77. The van der Waals surface area contributed by atoms with E-state index in [1.54, 1.807) is 18.3 Å². The number of hydrogen-bond donors (Lipinski definition) is 1. The summed E-state index contributed by atoms with van der Waals surface area (Å²) >= 11 is 0. The van der Waals surface area contributed by atoms with E-state index in [0.29, 0.717) is 23.2 Å². The number of anilines is 1. The summed E-state index contributed by atoms with van der Waals surface area (Å²) in [4.78, 5) is 15.9. The molecule has 0 bridgehead atoms. The zero-order chi connectivity index (χ0) is 19.7. The summed E-state index contributed by atoms with van der Waals surface area (Å²) in [5.74, 6) is -0.541. The molecule has 2 heterocycles. The van der Waals surface area contributed by atoms with Gasteiger partial charge in [0.05, 0.1) is 10.4 Å². The molecule has 0 radical (unpaired) electrons. The van der Waals surface area contributed by atoms with Gasteiger partial charge >= 0.3 is 5.76 Å². The molecule has 28 heavy (non-hydrogen) atoms. The Morgan fingerprint density at radius 1 is 1.07 bits per heavy atom. The molecule has 0 aliphatic rings. The van der Waals surface area contributed by atoms with E-state index in [-0.39, 0.29) is 4.90 Å². The van der Waals surface area contributed by atoms with Crippen LogP contribution in [0, 0.1) is 0 Å². The van der Waals surface area contributed by atoms with Gasteiger partial charge in [-0.2, -0.15) is 0 Å². The Morgan fingerprint density at radius 3 is 2.57 bits per heavy atom. The second-order valence-electron chi connectivity index (χ2n) is 6.36. The molecule has 2 aromatic carbocycles. The Hall–Kier alpha value is -3.39. The van der Waals surface area contributed by atoms with Crippen molar-refractivity contribution < 1.29 is 12.8 Å². The molecule has 0 aliphatic carbocycles. The number of sulfonamides is 1. The van der Waals surface area contributed by atoms with E-state index in [1.165, 1.54) is 29.8 Å². The largest absolute Gasteiger partial charge is 0.419 e. The van der Waals surface area contributed by atoms with Gasteiger partial charge in [-0.05, 0) is 48.0 Å². The molecule has 1 N–H and O–H groups in total. The van der Waals surface area contributed by atoms with Crippen molar-refractivity contribution in [2.75, 3.05) is 4.72 Å². The molecule has 142 valence electrons. The number of fused-ring (bicyclic) bond motifs is 1. The van der Waals surface area contributed by atoms with Crippen LogP contribution in [-0.2, 0) is 23.5 Å². The zero-order valence-corrected chi connectivity index (χ0v) is 15.8. The summed E-state index contributed by atoms with van der Waals surface area (Å²) < 4.78 is 34.3. The molecule has 0 saturated carbocycles. The highest BCUT2D eigenvalue weighted by atomic mass is 32.2. The van der Waals surface area contributed by atoms with Crippen LogP contribution < -0.4 is 10.5 Å². The lowest BCUT2D eigenvalue weighted by Crippen LogP contribution is -2.13. The van der Waals surface area contributed by atoms with Gasteiger partial charge in [-0.25, -0.2) is 13.2 Å². The van der Waals surface area contributed by atoms with Crippen LogP contribution >= 0.6 is 0 Å². The van der Waals surface area contributed by atoms with Crippen LogP contribution in [0.3, 0.4) is 0 Å². The monoisotopic (exact) mass is 395 g/mol. The van der Waals surface area contributed by atoms with E-state index in [0.717, 1.165) is 11.3 Å². The molecule has 0 amide bonds. The molecular weight excluding hydrogens is 378 g/mol. The lowest BCUT2D eigenvalue weighted by molar-refractivity contribution is 0.528. The van der Waals surface area contributed by atoms with Crippen LogP contribution in [0.1, 0.15) is 11.3 Å². The van der Waals surface area contributed by atoms with Crippen molar-refractivity contribution in [3.8, 4) is 0 Å². The standard InChI is InChI=1S/C20H17N3O4S/c1-23-18-13-17(9-10-19(18)27-20(23)24)28(25,26)22-15-7-5-14(6-8-15)12-16-4-2-3-11-21-16/h2-11,13,22H,12H2,1H3. The normalized spacial score (nSPS) is 11.6. The number of nitrogens with zero attached hydrogens (tertiary/aromatic N) is 2. The van der Waals surface area contributed by atoms with E-state index in [1.807, 2.05) is 30.3 Å². The Balaban J connectivity index is 1.56. The third-order valence-electron chi connectivity index (χ3n) is 4.39. The van der Waals surface area contributed by atoms with Gasteiger partial charge in [-0.1, -0.05) is 18.2 Å². The van der Waals surface area contributed by atoms with Crippen LogP contribution in [0.5, 0.6) is 0 Å². The number of benzene rings is 2. The first kappa shape index (κ1) is 18.0. The number of aromatic nitrogens is 2.